The van der Waals surface area contributed by atoms with E-state index >= 15 is 0 Å². The SMILES string of the molecule is O=C(O)C(=O)c1c(Br)ccc2c1OCCO2. The second-order valence-corrected chi connectivity index (χ2v) is 3.94. The second-order valence-electron chi connectivity index (χ2n) is 3.08. The highest BCUT2D eigenvalue weighted by Gasteiger charge is 2.27. The van der Waals surface area contributed by atoms with Gasteiger partial charge in [0.05, 0.1) is 5.56 Å². The summed E-state index contributed by atoms with van der Waals surface area (Å²) in [5, 5.41) is 8.69. The van der Waals surface area contributed by atoms with Crippen molar-refractivity contribution >= 4 is 27.7 Å². The van der Waals surface area contributed by atoms with Crippen LogP contribution in [0.4, 0.5) is 0 Å². The third kappa shape index (κ3) is 1.76. The first-order valence-electron chi connectivity index (χ1n) is 4.47. The molecular formula is C10H7BrO5. The lowest BCUT2D eigenvalue weighted by molar-refractivity contribution is -0.131. The Morgan fingerprint density at radius 3 is 2.62 bits per heavy atom. The minimum Gasteiger partial charge on any atom is -0.486 e. The van der Waals surface area contributed by atoms with Crippen molar-refractivity contribution in [3.8, 4) is 11.5 Å². The fraction of sp³-hybridized carbons (Fsp3) is 0.200. The molecule has 0 spiro atoms. The normalized spacial score (nSPS) is 13.3. The molecule has 0 atom stereocenters. The Balaban J connectivity index is 2.58. The van der Waals surface area contributed by atoms with Crippen molar-refractivity contribution in [2.45, 2.75) is 0 Å². The minimum absolute atomic E-state index is 0.00954. The molecule has 1 N–H and O–H groups in total. The summed E-state index contributed by atoms with van der Waals surface area (Å²) in [6.07, 6.45) is 0. The summed E-state index contributed by atoms with van der Waals surface area (Å²) in [4.78, 5) is 22.1. The van der Waals surface area contributed by atoms with Crippen LogP contribution in [-0.4, -0.2) is 30.1 Å². The van der Waals surface area contributed by atoms with Gasteiger partial charge < -0.3 is 14.6 Å². The Bertz CT molecular complexity index is 469. The largest absolute Gasteiger partial charge is 0.486 e. The Morgan fingerprint density at radius 2 is 1.94 bits per heavy atom. The predicted octanol–water partition coefficient (Wildman–Crippen LogP) is 1.49. The molecular weight excluding hydrogens is 280 g/mol. The van der Waals surface area contributed by atoms with E-state index in [1.807, 2.05) is 0 Å². The van der Waals surface area contributed by atoms with Gasteiger partial charge in [0.2, 0.25) is 0 Å². The summed E-state index contributed by atoms with van der Waals surface area (Å²) in [5.41, 5.74) is -0.00954. The molecule has 16 heavy (non-hydrogen) atoms. The van der Waals surface area contributed by atoms with Crippen LogP contribution in [0.15, 0.2) is 16.6 Å². The number of carbonyl (C=O) groups excluding carboxylic acids is 1. The third-order valence-electron chi connectivity index (χ3n) is 2.08. The van der Waals surface area contributed by atoms with Crippen molar-refractivity contribution in [1.29, 1.82) is 0 Å². The predicted molar refractivity (Wildman–Crippen MR) is 57.1 cm³/mol. The van der Waals surface area contributed by atoms with E-state index in [9.17, 15) is 9.59 Å². The Labute approximate surface area is 99.1 Å². The van der Waals surface area contributed by atoms with Crippen molar-refractivity contribution in [2.75, 3.05) is 13.2 Å². The molecule has 2 rings (SSSR count). The number of ketones is 1. The van der Waals surface area contributed by atoms with E-state index in [1.165, 1.54) is 0 Å². The summed E-state index contributed by atoms with van der Waals surface area (Å²) in [5.74, 6) is -1.97. The molecule has 0 radical (unpaired) electrons. The molecule has 1 aliphatic rings. The number of hydrogen-bond acceptors (Lipinski definition) is 4. The second kappa shape index (κ2) is 4.13. The molecule has 0 unspecified atom stereocenters. The van der Waals surface area contributed by atoms with Gasteiger partial charge in [-0.15, -0.1) is 0 Å². The summed E-state index contributed by atoms with van der Waals surface area (Å²) >= 11 is 3.12. The zero-order valence-corrected chi connectivity index (χ0v) is 9.61. The molecule has 0 aliphatic carbocycles. The molecule has 0 bridgehead atoms. The molecule has 0 fully saturated rings. The first-order chi connectivity index (χ1) is 7.61. The van der Waals surface area contributed by atoms with Gasteiger partial charge in [0.25, 0.3) is 5.78 Å². The van der Waals surface area contributed by atoms with Crippen molar-refractivity contribution < 1.29 is 24.2 Å². The van der Waals surface area contributed by atoms with Crippen LogP contribution in [0.3, 0.4) is 0 Å². The average molecular weight is 287 g/mol. The Kier molecular flexibility index (Phi) is 2.82. The maximum absolute atomic E-state index is 11.5. The molecule has 0 saturated carbocycles. The van der Waals surface area contributed by atoms with Crippen molar-refractivity contribution in [2.24, 2.45) is 0 Å². The van der Waals surface area contributed by atoms with E-state index in [1.54, 1.807) is 12.1 Å². The monoisotopic (exact) mass is 286 g/mol. The number of carboxylic acid groups (broad SMARTS) is 1. The fourth-order valence-corrected chi connectivity index (χ4v) is 1.90. The number of aliphatic carboxylic acids is 1. The van der Waals surface area contributed by atoms with Gasteiger partial charge in [-0.25, -0.2) is 4.79 Å². The number of fused-ring (bicyclic) bond motifs is 1. The molecule has 6 heteroatoms. The van der Waals surface area contributed by atoms with Crippen molar-refractivity contribution in [3.63, 3.8) is 0 Å². The van der Waals surface area contributed by atoms with Gasteiger partial charge in [0, 0.05) is 4.47 Å². The number of hydrogen-bond donors (Lipinski definition) is 1. The van der Waals surface area contributed by atoms with E-state index in [4.69, 9.17) is 14.6 Å². The Morgan fingerprint density at radius 1 is 1.25 bits per heavy atom. The number of ether oxygens (including phenoxy) is 2. The maximum Gasteiger partial charge on any atom is 0.377 e. The fourth-order valence-electron chi connectivity index (χ4n) is 1.41. The molecule has 1 aliphatic heterocycles. The van der Waals surface area contributed by atoms with Crippen molar-refractivity contribution in [3.05, 3.63) is 22.2 Å². The zero-order valence-electron chi connectivity index (χ0n) is 8.03. The number of carboxylic acids is 1. The van der Waals surface area contributed by atoms with Crippen LogP contribution >= 0.6 is 15.9 Å². The van der Waals surface area contributed by atoms with Crippen molar-refractivity contribution in [1.82, 2.24) is 0 Å². The van der Waals surface area contributed by atoms with Gasteiger partial charge in [-0.05, 0) is 28.1 Å². The number of benzene rings is 1. The van der Waals surface area contributed by atoms with Gasteiger partial charge in [-0.2, -0.15) is 0 Å². The minimum atomic E-state index is -1.52. The van der Waals surface area contributed by atoms with E-state index in [0.29, 0.717) is 23.4 Å². The third-order valence-corrected chi connectivity index (χ3v) is 2.74. The van der Waals surface area contributed by atoms with Crippen LogP contribution in [-0.2, 0) is 4.79 Å². The molecule has 1 aromatic rings. The standard InChI is InChI=1S/C10H7BrO5/c11-5-1-2-6-9(16-4-3-15-6)7(5)8(12)10(13)14/h1-2H,3-4H2,(H,13,14). The lowest BCUT2D eigenvalue weighted by Crippen LogP contribution is -2.21. The lowest BCUT2D eigenvalue weighted by atomic mass is 10.1. The van der Waals surface area contributed by atoms with Crippen LogP contribution < -0.4 is 9.47 Å². The highest BCUT2D eigenvalue weighted by Crippen LogP contribution is 2.38. The van der Waals surface area contributed by atoms with Gasteiger partial charge in [-0.1, -0.05) is 0 Å². The first kappa shape index (κ1) is 10.9. The molecule has 84 valence electrons. The smallest absolute Gasteiger partial charge is 0.377 e. The summed E-state index contributed by atoms with van der Waals surface area (Å²) < 4.78 is 10.9. The van der Waals surface area contributed by atoms with Gasteiger partial charge in [0.15, 0.2) is 11.5 Å². The molecule has 0 saturated heterocycles. The van der Waals surface area contributed by atoms with Crippen LogP contribution in [0.2, 0.25) is 0 Å². The number of rotatable bonds is 2. The van der Waals surface area contributed by atoms with Gasteiger partial charge in [0.1, 0.15) is 13.2 Å². The van der Waals surface area contributed by atoms with E-state index in [-0.39, 0.29) is 11.3 Å². The Hall–Kier alpha value is -1.56. The number of Topliss-reactive ketones (excluding diaryl/α,β-unsaturated/α-hetero) is 1. The average Bonchev–Trinajstić information content (AvgIpc) is 2.28. The first-order valence-corrected chi connectivity index (χ1v) is 5.26. The topological polar surface area (TPSA) is 72.8 Å². The zero-order chi connectivity index (χ0) is 11.7. The molecule has 0 aromatic heterocycles. The lowest BCUT2D eigenvalue weighted by Gasteiger charge is -2.20. The summed E-state index contributed by atoms with van der Waals surface area (Å²) in [6, 6.07) is 3.18. The molecule has 5 nitrogen and oxygen atoms in total. The molecule has 1 aromatic carbocycles. The van der Waals surface area contributed by atoms with Crippen LogP contribution in [0.1, 0.15) is 10.4 Å². The summed E-state index contributed by atoms with van der Waals surface area (Å²) in [6.45, 7) is 0.679. The van der Waals surface area contributed by atoms with Crippen LogP contribution in [0, 0.1) is 0 Å². The number of carbonyl (C=O) groups is 2. The van der Waals surface area contributed by atoms with Crippen LogP contribution in [0.5, 0.6) is 11.5 Å². The van der Waals surface area contributed by atoms with Gasteiger partial charge in [-0.3, -0.25) is 4.79 Å². The van der Waals surface area contributed by atoms with E-state index in [2.05, 4.69) is 15.9 Å². The van der Waals surface area contributed by atoms with Gasteiger partial charge >= 0.3 is 5.97 Å². The molecule has 1 heterocycles. The highest BCUT2D eigenvalue weighted by molar-refractivity contribution is 9.10. The molecule has 0 amide bonds. The maximum atomic E-state index is 11.5. The highest BCUT2D eigenvalue weighted by atomic mass is 79.9. The number of halogens is 1. The van der Waals surface area contributed by atoms with E-state index in [0.717, 1.165) is 0 Å². The van der Waals surface area contributed by atoms with E-state index < -0.39 is 11.8 Å². The quantitative estimate of drug-likeness (QED) is 0.659. The van der Waals surface area contributed by atoms with Crippen LogP contribution in [0.25, 0.3) is 0 Å². The summed E-state index contributed by atoms with van der Waals surface area (Å²) in [7, 11) is 0.